The van der Waals surface area contributed by atoms with Crippen LogP contribution in [0.25, 0.3) is 0 Å². The van der Waals surface area contributed by atoms with E-state index in [2.05, 4.69) is 0 Å². The lowest BCUT2D eigenvalue weighted by molar-refractivity contribution is -0.141. The molecule has 0 aliphatic carbocycles. The first-order valence-electron chi connectivity index (χ1n) is 5.45. The van der Waals surface area contributed by atoms with Crippen molar-refractivity contribution in [1.82, 2.24) is 4.90 Å². The molecule has 4 nitrogen and oxygen atoms in total. The van der Waals surface area contributed by atoms with Crippen molar-refractivity contribution < 1.29 is 9.90 Å². The van der Waals surface area contributed by atoms with Gasteiger partial charge < -0.3 is 15.7 Å². The van der Waals surface area contributed by atoms with Gasteiger partial charge in [0.2, 0.25) is 5.91 Å². The number of hydrogen-bond donors (Lipinski definition) is 2. The summed E-state index contributed by atoms with van der Waals surface area (Å²) in [7, 11) is 0. The highest BCUT2D eigenvalue weighted by molar-refractivity contribution is 5.77. The number of likely N-dealkylation sites (tertiary alicyclic amines) is 1. The number of anilines is 1. The second-order valence-corrected chi connectivity index (χ2v) is 4.19. The monoisotopic (exact) mass is 220 g/mol. The molecule has 4 heteroatoms. The quantitative estimate of drug-likeness (QED) is 0.725. The molecular weight excluding hydrogens is 204 g/mol. The summed E-state index contributed by atoms with van der Waals surface area (Å²) in [6.07, 6.45) is 0.906. The molecule has 0 spiro atoms. The highest BCUT2D eigenvalue weighted by Gasteiger charge is 2.27. The fourth-order valence-corrected chi connectivity index (χ4v) is 1.75. The number of aryl methyl sites for hydroxylation is 1. The number of nitrogens with two attached hydrogens (primary N) is 1. The van der Waals surface area contributed by atoms with E-state index < -0.39 is 0 Å². The van der Waals surface area contributed by atoms with Crippen molar-refractivity contribution in [2.75, 3.05) is 18.8 Å². The van der Waals surface area contributed by atoms with Crippen LogP contribution in [-0.2, 0) is 11.2 Å². The Morgan fingerprint density at radius 3 is 2.56 bits per heavy atom. The Morgan fingerprint density at radius 1 is 1.38 bits per heavy atom. The largest absolute Gasteiger partial charge is 0.399 e. The molecule has 2 rings (SSSR count). The van der Waals surface area contributed by atoms with Crippen LogP contribution in [-0.4, -0.2) is 35.1 Å². The van der Waals surface area contributed by atoms with Gasteiger partial charge in [0.15, 0.2) is 0 Å². The number of carbonyl (C=O) groups is 1. The summed E-state index contributed by atoms with van der Waals surface area (Å²) in [5.74, 6) is 0.113. The second-order valence-electron chi connectivity index (χ2n) is 4.19. The molecule has 1 amide bonds. The Morgan fingerprint density at radius 2 is 2.00 bits per heavy atom. The van der Waals surface area contributed by atoms with Gasteiger partial charge >= 0.3 is 0 Å². The maximum atomic E-state index is 11.6. The molecule has 0 bridgehead atoms. The van der Waals surface area contributed by atoms with Crippen molar-refractivity contribution in [2.24, 2.45) is 0 Å². The van der Waals surface area contributed by atoms with Gasteiger partial charge in [0.05, 0.1) is 6.10 Å². The van der Waals surface area contributed by atoms with E-state index in [9.17, 15) is 4.79 Å². The molecule has 1 aromatic carbocycles. The van der Waals surface area contributed by atoms with Crippen molar-refractivity contribution in [3.05, 3.63) is 29.8 Å². The van der Waals surface area contributed by atoms with Crippen molar-refractivity contribution in [3.8, 4) is 0 Å². The Kier molecular flexibility index (Phi) is 3.10. The zero-order valence-corrected chi connectivity index (χ0v) is 9.10. The highest BCUT2D eigenvalue weighted by atomic mass is 16.3. The van der Waals surface area contributed by atoms with Crippen LogP contribution in [0.15, 0.2) is 24.3 Å². The summed E-state index contributed by atoms with van der Waals surface area (Å²) >= 11 is 0. The van der Waals surface area contributed by atoms with Gasteiger partial charge in [-0.1, -0.05) is 12.1 Å². The number of hydrogen-bond acceptors (Lipinski definition) is 3. The Labute approximate surface area is 94.7 Å². The van der Waals surface area contributed by atoms with E-state index >= 15 is 0 Å². The molecule has 1 fully saturated rings. The molecule has 86 valence electrons. The lowest BCUT2D eigenvalue weighted by Gasteiger charge is -2.35. The lowest BCUT2D eigenvalue weighted by Crippen LogP contribution is -2.53. The van der Waals surface area contributed by atoms with Crippen LogP contribution in [0.5, 0.6) is 0 Å². The smallest absolute Gasteiger partial charge is 0.223 e. The Balaban J connectivity index is 1.79. The topological polar surface area (TPSA) is 66.6 Å². The van der Waals surface area contributed by atoms with E-state index in [1.165, 1.54) is 0 Å². The summed E-state index contributed by atoms with van der Waals surface area (Å²) in [6, 6.07) is 7.56. The maximum absolute atomic E-state index is 11.6. The van der Waals surface area contributed by atoms with Crippen LogP contribution in [0.1, 0.15) is 12.0 Å². The van der Waals surface area contributed by atoms with Crippen LogP contribution < -0.4 is 5.73 Å². The van der Waals surface area contributed by atoms with Gasteiger partial charge in [-0.15, -0.1) is 0 Å². The third kappa shape index (κ3) is 2.52. The number of amides is 1. The molecule has 0 saturated carbocycles. The molecule has 1 aromatic rings. The summed E-state index contributed by atoms with van der Waals surface area (Å²) < 4.78 is 0. The molecule has 0 unspecified atom stereocenters. The van der Waals surface area contributed by atoms with Crippen LogP contribution in [0.2, 0.25) is 0 Å². The molecule has 0 radical (unpaired) electrons. The number of carbonyl (C=O) groups excluding carboxylic acids is 1. The summed E-state index contributed by atoms with van der Waals surface area (Å²) in [5.41, 5.74) is 7.43. The highest BCUT2D eigenvalue weighted by Crippen LogP contribution is 2.12. The summed E-state index contributed by atoms with van der Waals surface area (Å²) in [5, 5.41) is 9.08. The minimum absolute atomic E-state index is 0.113. The second kappa shape index (κ2) is 4.53. The molecule has 3 N–H and O–H groups in total. The van der Waals surface area contributed by atoms with Gasteiger partial charge in [0.1, 0.15) is 0 Å². The number of rotatable bonds is 3. The van der Waals surface area contributed by atoms with Crippen molar-refractivity contribution >= 4 is 11.6 Å². The first kappa shape index (κ1) is 11.0. The molecule has 0 aromatic heterocycles. The van der Waals surface area contributed by atoms with Crippen molar-refractivity contribution in [1.29, 1.82) is 0 Å². The summed E-state index contributed by atoms with van der Waals surface area (Å²) in [4.78, 5) is 13.3. The zero-order chi connectivity index (χ0) is 11.5. The van der Waals surface area contributed by atoms with Gasteiger partial charge in [-0.3, -0.25) is 4.79 Å². The molecule has 1 aliphatic rings. The zero-order valence-electron chi connectivity index (χ0n) is 9.10. The SMILES string of the molecule is Nc1ccc(CCC(=O)N2CC(O)C2)cc1. The first-order chi connectivity index (χ1) is 7.65. The predicted molar refractivity (Wildman–Crippen MR) is 61.8 cm³/mol. The standard InChI is InChI=1S/C12H16N2O2/c13-10-4-1-9(2-5-10)3-6-12(16)14-7-11(15)8-14/h1-2,4-5,11,15H,3,6-8,13H2. The van der Waals surface area contributed by atoms with E-state index in [-0.39, 0.29) is 12.0 Å². The number of aliphatic hydroxyl groups is 1. The average Bonchev–Trinajstić information content (AvgIpc) is 2.24. The van der Waals surface area contributed by atoms with Crippen LogP contribution in [0.4, 0.5) is 5.69 Å². The van der Waals surface area contributed by atoms with Crippen LogP contribution in [0, 0.1) is 0 Å². The normalized spacial score (nSPS) is 15.9. The summed E-state index contributed by atoms with van der Waals surface area (Å²) in [6.45, 7) is 0.973. The van der Waals surface area contributed by atoms with Gasteiger partial charge in [-0.25, -0.2) is 0 Å². The number of benzene rings is 1. The molecular formula is C12H16N2O2. The van der Waals surface area contributed by atoms with Gasteiger partial charge in [0.25, 0.3) is 0 Å². The van der Waals surface area contributed by atoms with E-state index in [0.717, 1.165) is 17.7 Å². The van der Waals surface area contributed by atoms with Gasteiger partial charge in [0, 0.05) is 25.2 Å². The third-order valence-corrected chi connectivity index (χ3v) is 2.82. The average molecular weight is 220 g/mol. The number of β-amino-alcohol motifs (C(OH)–C–C–N with tert-alkyl or cyclic N) is 1. The fraction of sp³-hybridized carbons (Fsp3) is 0.417. The third-order valence-electron chi connectivity index (χ3n) is 2.82. The van der Waals surface area contributed by atoms with Crippen LogP contribution >= 0.6 is 0 Å². The first-order valence-corrected chi connectivity index (χ1v) is 5.45. The number of nitrogens with zero attached hydrogens (tertiary/aromatic N) is 1. The molecule has 1 aliphatic heterocycles. The predicted octanol–water partition coefficient (Wildman–Crippen LogP) is 0.404. The van der Waals surface area contributed by atoms with E-state index in [1.54, 1.807) is 4.90 Å². The van der Waals surface area contributed by atoms with E-state index in [0.29, 0.717) is 19.5 Å². The van der Waals surface area contributed by atoms with Gasteiger partial charge in [-0.2, -0.15) is 0 Å². The van der Waals surface area contributed by atoms with Crippen molar-refractivity contribution in [3.63, 3.8) is 0 Å². The fourth-order valence-electron chi connectivity index (χ4n) is 1.75. The molecule has 0 atom stereocenters. The minimum atomic E-state index is -0.319. The maximum Gasteiger partial charge on any atom is 0.223 e. The Hall–Kier alpha value is -1.55. The number of aliphatic hydroxyl groups excluding tert-OH is 1. The molecule has 16 heavy (non-hydrogen) atoms. The minimum Gasteiger partial charge on any atom is -0.399 e. The van der Waals surface area contributed by atoms with Crippen LogP contribution in [0.3, 0.4) is 0 Å². The van der Waals surface area contributed by atoms with Gasteiger partial charge in [-0.05, 0) is 24.1 Å². The van der Waals surface area contributed by atoms with E-state index in [4.69, 9.17) is 10.8 Å². The van der Waals surface area contributed by atoms with Crippen molar-refractivity contribution in [2.45, 2.75) is 18.9 Å². The molecule has 1 saturated heterocycles. The lowest BCUT2D eigenvalue weighted by atomic mass is 10.1. The molecule has 1 heterocycles. The van der Waals surface area contributed by atoms with E-state index in [1.807, 2.05) is 24.3 Å². The Bertz CT molecular complexity index is 369. The number of nitrogen functional groups attached to an aromatic ring is 1.